The molecule has 1 aromatic rings. The van der Waals surface area contributed by atoms with Gasteiger partial charge in [-0.3, -0.25) is 4.79 Å². The predicted octanol–water partition coefficient (Wildman–Crippen LogP) is 4.67. The summed E-state index contributed by atoms with van der Waals surface area (Å²) in [6.07, 6.45) is 13.1. The Bertz CT molecular complexity index is 698. The molecule has 3 heteroatoms. The molecule has 0 N–H and O–H groups in total. The van der Waals surface area contributed by atoms with Gasteiger partial charge in [-0.05, 0) is 67.7 Å². The minimum absolute atomic E-state index is 0.310. The largest absolute Gasteiger partial charge is 0.338 e. The summed E-state index contributed by atoms with van der Waals surface area (Å²) in [6.45, 7) is 2.50. The monoisotopic (exact) mass is 366 g/mol. The third-order valence-corrected chi connectivity index (χ3v) is 8.29. The van der Waals surface area contributed by atoms with Gasteiger partial charge in [-0.25, -0.2) is 0 Å². The Hall–Kier alpha value is -1.35. The molecule has 1 aromatic carbocycles. The fourth-order valence-electron chi connectivity index (χ4n) is 6.86. The van der Waals surface area contributed by atoms with E-state index in [2.05, 4.69) is 29.2 Å². The van der Waals surface area contributed by atoms with Crippen LogP contribution in [0.5, 0.6) is 0 Å². The zero-order valence-corrected chi connectivity index (χ0v) is 16.8. The van der Waals surface area contributed by atoms with E-state index >= 15 is 0 Å². The molecule has 2 saturated heterocycles. The average Bonchev–Trinajstić information content (AvgIpc) is 2.87. The second-order valence-electron chi connectivity index (χ2n) is 9.67. The number of nitrogens with zero attached hydrogens (tertiary/aromatic N) is 2. The van der Waals surface area contributed by atoms with Crippen LogP contribution in [-0.4, -0.2) is 41.9 Å². The molecule has 0 radical (unpaired) electrons. The molecule has 2 aliphatic carbocycles. The standard InChI is InChI=1S/C24H34N2O/c1-25-22(27)16-18-17-24(21-11-7-6-10-20(21)23(18)25)12-14-26(15-13-24)19-8-4-2-3-5-9-19/h6-7,10-11,18-19,23H,2-5,8-9,12-17H2,1H3. The number of hydrogen-bond donors (Lipinski definition) is 0. The topological polar surface area (TPSA) is 23.6 Å². The molecule has 2 aliphatic heterocycles. The van der Waals surface area contributed by atoms with Crippen molar-refractivity contribution in [3.63, 3.8) is 0 Å². The lowest BCUT2D eigenvalue weighted by atomic mass is 9.60. The van der Waals surface area contributed by atoms with Crippen molar-refractivity contribution < 1.29 is 4.79 Å². The predicted molar refractivity (Wildman–Crippen MR) is 109 cm³/mol. The number of amides is 1. The quantitative estimate of drug-likeness (QED) is 0.675. The first-order chi connectivity index (χ1) is 13.2. The fourth-order valence-corrected chi connectivity index (χ4v) is 6.86. The van der Waals surface area contributed by atoms with Gasteiger partial charge < -0.3 is 9.80 Å². The summed E-state index contributed by atoms with van der Waals surface area (Å²) >= 11 is 0. The fraction of sp³-hybridized carbons (Fsp3) is 0.708. The van der Waals surface area contributed by atoms with Crippen LogP contribution in [0.25, 0.3) is 0 Å². The van der Waals surface area contributed by atoms with Gasteiger partial charge in [0.05, 0.1) is 6.04 Å². The number of likely N-dealkylation sites (tertiary alicyclic amines) is 2. The van der Waals surface area contributed by atoms with Crippen molar-refractivity contribution >= 4 is 5.91 Å². The summed E-state index contributed by atoms with van der Waals surface area (Å²) in [5.41, 5.74) is 3.32. The highest BCUT2D eigenvalue weighted by Crippen LogP contribution is 2.55. The molecule has 5 rings (SSSR count). The molecule has 1 spiro atoms. The van der Waals surface area contributed by atoms with E-state index in [-0.39, 0.29) is 0 Å². The highest BCUT2D eigenvalue weighted by Gasteiger charge is 2.51. The average molecular weight is 367 g/mol. The van der Waals surface area contributed by atoms with Crippen LogP contribution < -0.4 is 0 Å². The Morgan fingerprint density at radius 1 is 1.00 bits per heavy atom. The molecule has 27 heavy (non-hydrogen) atoms. The van der Waals surface area contributed by atoms with Crippen molar-refractivity contribution in [3.05, 3.63) is 35.4 Å². The number of piperidine rings is 1. The van der Waals surface area contributed by atoms with Gasteiger partial charge in [-0.2, -0.15) is 0 Å². The molecule has 4 aliphatic rings. The van der Waals surface area contributed by atoms with Crippen molar-refractivity contribution in [2.45, 2.75) is 81.7 Å². The van der Waals surface area contributed by atoms with E-state index in [1.54, 1.807) is 5.56 Å². The summed E-state index contributed by atoms with van der Waals surface area (Å²) in [4.78, 5) is 17.3. The molecule has 0 bridgehead atoms. The SMILES string of the molecule is CN1C(=O)CC2CC3(CCN(C4CCCCCC4)CC3)c3ccccc3C21. The highest BCUT2D eigenvalue weighted by molar-refractivity contribution is 5.80. The van der Waals surface area contributed by atoms with Gasteiger partial charge in [0.25, 0.3) is 0 Å². The van der Waals surface area contributed by atoms with Crippen molar-refractivity contribution in [3.8, 4) is 0 Å². The number of carbonyl (C=O) groups excluding carboxylic acids is 1. The Labute approximate surface area is 164 Å². The van der Waals surface area contributed by atoms with Gasteiger partial charge in [0.1, 0.15) is 0 Å². The number of fused-ring (bicyclic) bond motifs is 4. The minimum Gasteiger partial charge on any atom is -0.338 e. The molecule has 2 unspecified atom stereocenters. The van der Waals surface area contributed by atoms with Crippen LogP contribution in [0.15, 0.2) is 24.3 Å². The van der Waals surface area contributed by atoms with E-state index in [4.69, 9.17) is 0 Å². The lowest BCUT2D eigenvalue weighted by Gasteiger charge is -2.50. The number of rotatable bonds is 1. The van der Waals surface area contributed by atoms with Crippen LogP contribution in [0, 0.1) is 5.92 Å². The van der Waals surface area contributed by atoms with Gasteiger partial charge in [0.15, 0.2) is 0 Å². The van der Waals surface area contributed by atoms with E-state index in [1.165, 1.54) is 76.4 Å². The van der Waals surface area contributed by atoms with Crippen molar-refractivity contribution in [2.75, 3.05) is 20.1 Å². The third kappa shape index (κ3) is 2.93. The van der Waals surface area contributed by atoms with Gasteiger partial charge in [-0.1, -0.05) is 49.9 Å². The summed E-state index contributed by atoms with van der Waals surface area (Å²) in [7, 11) is 2.01. The first kappa shape index (κ1) is 17.7. The van der Waals surface area contributed by atoms with E-state index in [0.29, 0.717) is 23.3 Å². The van der Waals surface area contributed by atoms with Crippen LogP contribution in [0.1, 0.15) is 81.4 Å². The second-order valence-corrected chi connectivity index (χ2v) is 9.67. The molecule has 1 amide bonds. The van der Waals surface area contributed by atoms with E-state index in [9.17, 15) is 4.79 Å². The molecule has 3 fully saturated rings. The van der Waals surface area contributed by atoms with Crippen LogP contribution in [0.2, 0.25) is 0 Å². The first-order valence-corrected chi connectivity index (χ1v) is 11.3. The zero-order valence-electron chi connectivity index (χ0n) is 16.8. The maximum atomic E-state index is 12.4. The lowest BCUT2D eigenvalue weighted by molar-refractivity contribution is -0.127. The normalized spacial score (nSPS) is 31.6. The molecule has 2 atom stereocenters. The first-order valence-electron chi connectivity index (χ1n) is 11.3. The maximum Gasteiger partial charge on any atom is 0.223 e. The van der Waals surface area contributed by atoms with Gasteiger partial charge >= 0.3 is 0 Å². The van der Waals surface area contributed by atoms with Crippen LogP contribution >= 0.6 is 0 Å². The maximum absolute atomic E-state index is 12.4. The molecule has 3 nitrogen and oxygen atoms in total. The molecular formula is C24H34N2O. The van der Waals surface area contributed by atoms with E-state index in [1.807, 2.05) is 11.9 Å². The Morgan fingerprint density at radius 2 is 1.70 bits per heavy atom. The molecule has 0 aromatic heterocycles. The molecule has 2 heterocycles. The second kappa shape index (κ2) is 6.92. The van der Waals surface area contributed by atoms with E-state index < -0.39 is 0 Å². The molecule has 1 saturated carbocycles. The van der Waals surface area contributed by atoms with Gasteiger partial charge in [0, 0.05) is 19.5 Å². The van der Waals surface area contributed by atoms with Gasteiger partial charge in [0.2, 0.25) is 5.91 Å². The number of benzene rings is 1. The van der Waals surface area contributed by atoms with Crippen molar-refractivity contribution in [1.82, 2.24) is 9.80 Å². The summed E-state index contributed by atoms with van der Waals surface area (Å²) < 4.78 is 0. The highest BCUT2D eigenvalue weighted by atomic mass is 16.2. The van der Waals surface area contributed by atoms with E-state index in [0.717, 1.165) is 12.5 Å². The van der Waals surface area contributed by atoms with Gasteiger partial charge in [-0.15, -0.1) is 0 Å². The number of hydrogen-bond acceptors (Lipinski definition) is 2. The summed E-state index contributed by atoms with van der Waals surface area (Å²) in [5.74, 6) is 0.856. The van der Waals surface area contributed by atoms with Crippen molar-refractivity contribution in [1.29, 1.82) is 0 Å². The smallest absolute Gasteiger partial charge is 0.223 e. The summed E-state index contributed by atoms with van der Waals surface area (Å²) in [5, 5.41) is 0. The van der Waals surface area contributed by atoms with Crippen LogP contribution in [-0.2, 0) is 10.2 Å². The zero-order chi connectivity index (χ0) is 18.4. The molecule has 146 valence electrons. The Kier molecular flexibility index (Phi) is 4.54. The number of carbonyl (C=O) groups is 1. The molecular weight excluding hydrogens is 332 g/mol. The lowest BCUT2D eigenvalue weighted by Crippen LogP contribution is -2.49. The Balaban J connectivity index is 1.40. The Morgan fingerprint density at radius 3 is 2.44 bits per heavy atom. The van der Waals surface area contributed by atoms with Crippen LogP contribution in [0.4, 0.5) is 0 Å². The van der Waals surface area contributed by atoms with Crippen LogP contribution in [0.3, 0.4) is 0 Å². The minimum atomic E-state index is 0.310. The van der Waals surface area contributed by atoms with Crippen molar-refractivity contribution in [2.24, 2.45) is 5.92 Å². The third-order valence-electron chi connectivity index (χ3n) is 8.29. The summed E-state index contributed by atoms with van der Waals surface area (Å²) in [6, 6.07) is 10.2.